The van der Waals surface area contributed by atoms with Crippen molar-refractivity contribution in [1.82, 2.24) is 19.5 Å². The molecule has 9 nitrogen and oxygen atoms in total. The molecule has 2 aromatic heterocycles. The number of nitrogens with two attached hydrogens (primary N) is 1. The number of nitrogens with zero attached hydrogens (tertiary/aromatic N) is 3. The first-order valence-corrected chi connectivity index (χ1v) is 12.1. The molecule has 1 aliphatic rings. The Labute approximate surface area is 158 Å². The van der Waals surface area contributed by atoms with Crippen molar-refractivity contribution in [2.24, 2.45) is 5.92 Å². The Kier molecular flexibility index (Phi) is 4.96. The number of hydrogen-bond donors (Lipinski definition) is 4. The number of fused-ring (bicyclic) bond motifs is 1. The molecule has 10 heteroatoms. The summed E-state index contributed by atoms with van der Waals surface area (Å²) in [5, 5.41) is 20.5. The van der Waals surface area contributed by atoms with Gasteiger partial charge in [-0.25, -0.2) is 4.98 Å². The molecule has 1 saturated carbocycles. The molecule has 4 atom stereocenters. The fourth-order valence-corrected chi connectivity index (χ4v) is 4.72. The molecule has 27 heavy (non-hydrogen) atoms. The van der Waals surface area contributed by atoms with Crippen molar-refractivity contribution in [2.45, 2.75) is 63.6 Å². The smallest absolute Gasteiger partial charge is 0.280 e. The first-order chi connectivity index (χ1) is 12.5. The van der Waals surface area contributed by atoms with Crippen LogP contribution in [0.25, 0.3) is 11.2 Å². The molecule has 1 fully saturated rings. The highest BCUT2D eigenvalue weighted by atomic mass is 28.4. The van der Waals surface area contributed by atoms with Crippen molar-refractivity contribution in [3.63, 3.8) is 0 Å². The first kappa shape index (κ1) is 20.0. The summed E-state index contributed by atoms with van der Waals surface area (Å²) in [6.45, 7) is 10.5. The summed E-state index contributed by atoms with van der Waals surface area (Å²) >= 11 is 0. The highest BCUT2D eigenvalue weighted by Gasteiger charge is 2.49. The standard InChI is InChI=1S/C17H29N5O4Si/c1-17(2,3)27(4,5)26-13-10(6-9(7-23)12(13)24)22-8-19-11-14(22)20-16(18)21-15(11)25/h8-10,12-13,23-24H,6-7H2,1-5H3,(H3,18,20,21,25)/t9-,10-,12-,13+/m1/s1. The Morgan fingerprint density at radius 1 is 1.44 bits per heavy atom. The number of aliphatic hydroxyl groups is 2. The molecular formula is C17H29N5O4Si. The van der Waals surface area contributed by atoms with E-state index in [9.17, 15) is 15.0 Å². The number of anilines is 1. The van der Waals surface area contributed by atoms with Crippen LogP contribution < -0.4 is 11.3 Å². The molecular weight excluding hydrogens is 366 g/mol. The summed E-state index contributed by atoms with van der Waals surface area (Å²) in [6.07, 6.45) is 0.691. The zero-order valence-corrected chi connectivity index (χ0v) is 17.4. The number of hydrogen-bond acceptors (Lipinski definition) is 7. The third kappa shape index (κ3) is 3.42. The van der Waals surface area contributed by atoms with Crippen molar-refractivity contribution >= 4 is 25.4 Å². The van der Waals surface area contributed by atoms with Crippen molar-refractivity contribution < 1.29 is 14.6 Å². The highest BCUT2D eigenvalue weighted by Crippen LogP contribution is 2.44. The van der Waals surface area contributed by atoms with Gasteiger partial charge in [-0.05, 0) is 24.6 Å². The largest absolute Gasteiger partial charge is 0.409 e. The minimum atomic E-state index is -2.19. The van der Waals surface area contributed by atoms with E-state index in [0.717, 1.165) is 0 Å². The number of nitrogens with one attached hydrogen (secondary N) is 1. The predicted molar refractivity (Wildman–Crippen MR) is 105 cm³/mol. The van der Waals surface area contributed by atoms with Gasteiger partial charge in [-0.3, -0.25) is 9.78 Å². The number of aromatic amines is 1. The van der Waals surface area contributed by atoms with Gasteiger partial charge in [0.25, 0.3) is 5.56 Å². The lowest BCUT2D eigenvalue weighted by atomic mass is 10.1. The van der Waals surface area contributed by atoms with Gasteiger partial charge < -0.3 is 24.9 Å². The molecule has 0 spiro atoms. The molecule has 150 valence electrons. The lowest BCUT2D eigenvalue weighted by Crippen LogP contribution is -2.48. The Hall–Kier alpha value is -1.75. The maximum absolute atomic E-state index is 12.1. The number of aromatic nitrogens is 4. The Balaban J connectivity index is 2.06. The molecule has 1 aliphatic carbocycles. The lowest BCUT2D eigenvalue weighted by Gasteiger charge is -2.40. The van der Waals surface area contributed by atoms with E-state index in [2.05, 4.69) is 48.8 Å². The van der Waals surface area contributed by atoms with Gasteiger partial charge in [0.1, 0.15) is 0 Å². The Morgan fingerprint density at radius 3 is 2.70 bits per heavy atom. The molecule has 0 radical (unpaired) electrons. The van der Waals surface area contributed by atoms with E-state index in [1.807, 2.05) is 0 Å². The van der Waals surface area contributed by atoms with Crippen LogP contribution in [-0.2, 0) is 4.43 Å². The molecule has 2 aromatic rings. The highest BCUT2D eigenvalue weighted by molar-refractivity contribution is 6.74. The van der Waals surface area contributed by atoms with E-state index < -0.39 is 26.1 Å². The van der Waals surface area contributed by atoms with E-state index in [-0.39, 0.29) is 35.1 Å². The minimum Gasteiger partial charge on any atom is -0.409 e. The maximum atomic E-state index is 12.1. The zero-order valence-electron chi connectivity index (χ0n) is 16.4. The summed E-state index contributed by atoms with van der Waals surface area (Å²) in [5.74, 6) is -0.310. The van der Waals surface area contributed by atoms with Gasteiger partial charge in [0.05, 0.1) is 24.6 Å². The molecule has 5 N–H and O–H groups in total. The van der Waals surface area contributed by atoms with Gasteiger partial charge in [0.2, 0.25) is 5.95 Å². The van der Waals surface area contributed by atoms with Gasteiger partial charge in [0.15, 0.2) is 19.5 Å². The SMILES string of the molecule is CC(C)(C)[Si](C)(C)O[C@@H]1[C@H](O)[C@@H](CO)C[C@H]1n1cnc2c(=O)[nH]c(N)nc21. The average Bonchev–Trinajstić information content (AvgIpc) is 3.08. The van der Waals surface area contributed by atoms with E-state index in [0.29, 0.717) is 12.1 Å². The van der Waals surface area contributed by atoms with E-state index >= 15 is 0 Å². The normalized spacial score (nSPS) is 26.8. The zero-order chi connectivity index (χ0) is 20.1. The van der Waals surface area contributed by atoms with Crippen LogP contribution in [0.4, 0.5) is 5.95 Å². The molecule has 0 amide bonds. The molecule has 0 bridgehead atoms. The summed E-state index contributed by atoms with van der Waals surface area (Å²) in [6, 6.07) is -0.301. The summed E-state index contributed by atoms with van der Waals surface area (Å²) in [5.41, 5.74) is 5.85. The monoisotopic (exact) mass is 395 g/mol. The second-order valence-corrected chi connectivity index (χ2v) is 13.6. The van der Waals surface area contributed by atoms with Crippen LogP contribution in [0.1, 0.15) is 33.2 Å². The number of imidazole rings is 1. The second kappa shape index (κ2) is 6.69. The number of H-pyrrole nitrogens is 1. The van der Waals surface area contributed by atoms with Crippen LogP contribution in [0, 0.1) is 5.92 Å². The van der Waals surface area contributed by atoms with Crippen LogP contribution in [0.3, 0.4) is 0 Å². The maximum Gasteiger partial charge on any atom is 0.280 e. The van der Waals surface area contributed by atoms with Gasteiger partial charge in [0, 0.05) is 12.5 Å². The van der Waals surface area contributed by atoms with Crippen LogP contribution in [0.5, 0.6) is 0 Å². The van der Waals surface area contributed by atoms with E-state index in [1.165, 1.54) is 6.33 Å². The number of aliphatic hydroxyl groups excluding tert-OH is 2. The van der Waals surface area contributed by atoms with Crippen molar-refractivity contribution in [1.29, 1.82) is 0 Å². The van der Waals surface area contributed by atoms with E-state index in [1.54, 1.807) is 4.57 Å². The van der Waals surface area contributed by atoms with Gasteiger partial charge in [-0.1, -0.05) is 20.8 Å². The van der Waals surface area contributed by atoms with Gasteiger partial charge >= 0.3 is 0 Å². The third-order valence-electron chi connectivity index (χ3n) is 6.02. The topological polar surface area (TPSA) is 139 Å². The summed E-state index contributed by atoms with van der Waals surface area (Å²) < 4.78 is 8.29. The Morgan fingerprint density at radius 2 is 2.11 bits per heavy atom. The molecule has 0 saturated heterocycles. The summed E-state index contributed by atoms with van der Waals surface area (Å²) in [4.78, 5) is 22.9. The van der Waals surface area contributed by atoms with Crippen LogP contribution >= 0.6 is 0 Å². The van der Waals surface area contributed by atoms with Crippen LogP contribution in [0.15, 0.2) is 11.1 Å². The predicted octanol–water partition coefficient (Wildman–Crippen LogP) is 1.01. The fraction of sp³-hybridized carbons (Fsp3) is 0.706. The fourth-order valence-electron chi connectivity index (χ4n) is 3.38. The average molecular weight is 396 g/mol. The van der Waals surface area contributed by atoms with Crippen molar-refractivity contribution in [3.8, 4) is 0 Å². The summed E-state index contributed by atoms with van der Waals surface area (Å²) in [7, 11) is -2.19. The number of nitrogen functional groups attached to an aromatic ring is 1. The van der Waals surface area contributed by atoms with E-state index in [4.69, 9.17) is 10.2 Å². The quantitative estimate of drug-likeness (QED) is 0.566. The molecule has 3 rings (SSSR count). The molecule has 0 aliphatic heterocycles. The van der Waals surface area contributed by atoms with Gasteiger partial charge in [-0.15, -0.1) is 0 Å². The molecule has 0 unspecified atom stereocenters. The number of rotatable bonds is 4. The van der Waals surface area contributed by atoms with Crippen molar-refractivity contribution in [3.05, 3.63) is 16.7 Å². The lowest BCUT2D eigenvalue weighted by molar-refractivity contribution is 0.00311. The Bertz CT molecular complexity index is 888. The van der Waals surface area contributed by atoms with Crippen molar-refractivity contribution in [2.75, 3.05) is 12.3 Å². The third-order valence-corrected chi connectivity index (χ3v) is 10.5. The molecule has 2 heterocycles. The second-order valence-electron chi connectivity index (χ2n) is 8.85. The van der Waals surface area contributed by atoms with Crippen LogP contribution in [-0.4, -0.2) is 56.9 Å². The minimum absolute atomic E-state index is 0.00775. The van der Waals surface area contributed by atoms with Crippen LogP contribution in [0.2, 0.25) is 18.1 Å². The molecule has 0 aromatic carbocycles. The first-order valence-electron chi connectivity index (χ1n) is 9.15. The van der Waals surface area contributed by atoms with Gasteiger partial charge in [-0.2, -0.15) is 4.98 Å².